The van der Waals surface area contributed by atoms with Crippen molar-refractivity contribution in [2.24, 2.45) is 10.9 Å². The first-order valence-corrected chi connectivity index (χ1v) is 3.30. The molecule has 0 aliphatic heterocycles. The summed E-state index contributed by atoms with van der Waals surface area (Å²) >= 11 is 0. The zero-order valence-electron chi connectivity index (χ0n) is 6.27. The molecular weight excluding hydrogens is 156 g/mol. The van der Waals surface area contributed by atoms with Crippen LogP contribution in [0, 0.1) is 0 Å². The van der Waals surface area contributed by atoms with E-state index in [4.69, 9.17) is 10.9 Å². The Balaban J connectivity index is 3.03. The van der Waals surface area contributed by atoms with E-state index in [2.05, 4.69) is 5.10 Å². The van der Waals surface area contributed by atoms with Gasteiger partial charge in [0.25, 0.3) is 0 Å². The number of carboxylic acid groups (broad SMARTS) is 1. The minimum absolute atomic E-state index is 0.229. The smallest absolute Gasteiger partial charge is 0.335 e. The summed E-state index contributed by atoms with van der Waals surface area (Å²) < 4.78 is 0. The van der Waals surface area contributed by atoms with Crippen molar-refractivity contribution in [1.82, 2.24) is 0 Å². The lowest BCUT2D eigenvalue weighted by Gasteiger charge is -1.94. The van der Waals surface area contributed by atoms with Crippen LogP contribution < -0.4 is 5.84 Å². The van der Waals surface area contributed by atoms with E-state index >= 15 is 0 Å². The predicted molar refractivity (Wildman–Crippen MR) is 45.2 cm³/mol. The highest BCUT2D eigenvalue weighted by molar-refractivity contribution is 5.90. The standard InChI is InChI=1S/C8H8N2O2/c9-10-5-6-2-1-3-7(4-6)8(11)12/h1-5H,9H2,(H,11,12)/b10-5+. The number of rotatable bonds is 2. The van der Waals surface area contributed by atoms with Crippen molar-refractivity contribution >= 4 is 12.2 Å². The molecular formula is C8H8N2O2. The fraction of sp³-hybridized carbons (Fsp3) is 0. The van der Waals surface area contributed by atoms with Crippen LogP contribution in [0.1, 0.15) is 15.9 Å². The Labute approximate surface area is 69.3 Å². The van der Waals surface area contributed by atoms with Gasteiger partial charge in [0.05, 0.1) is 11.8 Å². The monoisotopic (exact) mass is 164 g/mol. The quantitative estimate of drug-likeness (QED) is 0.383. The zero-order valence-corrected chi connectivity index (χ0v) is 6.27. The summed E-state index contributed by atoms with van der Waals surface area (Å²) in [5.41, 5.74) is 0.907. The Morgan fingerprint density at radius 2 is 2.33 bits per heavy atom. The molecule has 0 amide bonds. The number of benzene rings is 1. The first-order valence-electron chi connectivity index (χ1n) is 3.30. The van der Waals surface area contributed by atoms with Crippen LogP contribution in [0.2, 0.25) is 0 Å². The number of hydrogen-bond acceptors (Lipinski definition) is 3. The number of carbonyl (C=O) groups is 1. The molecule has 1 aromatic carbocycles. The molecule has 12 heavy (non-hydrogen) atoms. The molecule has 0 bridgehead atoms. The summed E-state index contributed by atoms with van der Waals surface area (Å²) in [7, 11) is 0. The van der Waals surface area contributed by atoms with Gasteiger partial charge in [-0.15, -0.1) is 0 Å². The lowest BCUT2D eigenvalue weighted by molar-refractivity contribution is 0.0697. The van der Waals surface area contributed by atoms with Crippen molar-refractivity contribution in [3.63, 3.8) is 0 Å². The Hall–Kier alpha value is -1.84. The van der Waals surface area contributed by atoms with Gasteiger partial charge in [0, 0.05) is 0 Å². The fourth-order valence-electron chi connectivity index (χ4n) is 0.838. The minimum Gasteiger partial charge on any atom is -0.478 e. The predicted octanol–water partition coefficient (Wildman–Crippen LogP) is 0.677. The third-order valence-electron chi connectivity index (χ3n) is 1.36. The second-order valence-corrected chi connectivity index (χ2v) is 2.21. The van der Waals surface area contributed by atoms with E-state index in [-0.39, 0.29) is 5.56 Å². The number of nitrogens with two attached hydrogens (primary N) is 1. The second-order valence-electron chi connectivity index (χ2n) is 2.21. The Morgan fingerprint density at radius 3 is 2.92 bits per heavy atom. The van der Waals surface area contributed by atoms with Crippen LogP contribution in [-0.4, -0.2) is 17.3 Å². The molecule has 0 atom stereocenters. The lowest BCUT2D eigenvalue weighted by atomic mass is 10.1. The number of nitrogens with zero attached hydrogens (tertiary/aromatic N) is 1. The normalized spacial score (nSPS) is 10.3. The van der Waals surface area contributed by atoms with Gasteiger partial charge in [-0.05, 0) is 17.7 Å². The van der Waals surface area contributed by atoms with Gasteiger partial charge in [-0.3, -0.25) is 0 Å². The molecule has 1 rings (SSSR count). The number of aromatic carboxylic acids is 1. The third kappa shape index (κ3) is 1.82. The molecule has 0 aromatic heterocycles. The molecule has 1 aromatic rings. The number of hydrogen-bond donors (Lipinski definition) is 2. The van der Waals surface area contributed by atoms with Crippen LogP contribution in [0.5, 0.6) is 0 Å². The van der Waals surface area contributed by atoms with Crippen LogP contribution in [-0.2, 0) is 0 Å². The van der Waals surface area contributed by atoms with Gasteiger partial charge in [0.2, 0.25) is 0 Å². The van der Waals surface area contributed by atoms with E-state index < -0.39 is 5.97 Å². The number of hydrazone groups is 1. The fourth-order valence-corrected chi connectivity index (χ4v) is 0.838. The number of carboxylic acids is 1. The Bertz CT molecular complexity index is 321. The Morgan fingerprint density at radius 1 is 1.58 bits per heavy atom. The van der Waals surface area contributed by atoms with E-state index in [9.17, 15) is 4.79 Å². The van der Waals surface area contributed by atoms with Gasteiger partial charge < -0.3 is 10.9 Å². The van der Waals surface area contributed by atoms with Crippen molar-refractivity contribution < 1.29 is 9.90 Å². The van der Waals surface area contributed by atoms with Gasteiger partial charge in [-0.2, -0.15) is 5.10 Å². The molecule has 0 unspecified atom stereocenters. The molecule has 0 radical (unpaired) electrons. The first-order chi connectivity index (χ1) is 5.74. The average molecular weight is 164 g/mol. The highest BCUT2D eigenvalue weighted by atomic mass is 16.4. The highest BCUT2D eigenvalue weighted by Gasteiger charge is 2.00. The lowest BCUT2D eigenvalue weighted by Crippen LogP contribution is -1.97. The van der Waals surface area contributed by atoms with E-state index in [0.717, 1.165) is 0 Å². The van der Waals surface area contributed by atoms with Gasteiger partial charge in [-0.25, -0.2) is 4.79 Å². The van der Waals surface area contributed by atoms with Crippen LogP contribution in [0.15, 0.2) is 29.4 Å². The van der Waals surface area contributed by atoms with E-state index in [1.54, 1.807) is 12.1 Å². The molecule has 0 saturated carbocycles. The van der Waals surface area contributed by atoms with Crippen LogP contribution >= 0.6 is 0 Å². The summed E-state index contributed by atoms with van der Waals surface area (Å²) in [6.45, 7) is 0. The van der Waals surface area contributed by atoms with Crippen molar-refractivity contribution in [2.75, 3.05) is 0 Å². The molecule has 0 spiro atoms. The molecule has 62 valence electrons. The van der Waals surface area contributed by atoms with E-state index in [1.165, 1.54) is 18.3 Å². The summed E-state index contributed by atoms with van der Waals surface area (Å²) in [5.74, 6) is 3.95. The summed E-state index contributed by atoms with van der Waals surface area (Å²) in [6.07, 6.45) is 1.40. The Kier molecular flexibility index (Phi) is 2.42. The van der Waals surface area contributed by atoms with Gasteiger partial charge in [0.15, 0.2) is 0 Å². The summed E-state index contributed by atoms with van der Waals surface area (Å²) in [5, 5.41) is 11.9. The SMILES string of the molecule is N/N=C/c1cccc(C(=O)O)c1. The largest absolute Gasteiger partial charge is 0.478 e. The molecule has 4 nitrogen and oxygen atoms in total. The van der Waals surface area contributed by atoms with Crippen molar-refractivity contribution in [1.29, 1.82) is 0 Å². The maximum Gasteiger partial charge on any atom is 0.335 e. The first kappa shape index (κ1) is 8.26. The van der Waals surface area contributed by atoms with Gasteiger partial charge in [0.1, 0.15) is 0 Å². The zero-order chi connectivity index (χ0) is 8.97. The maximum atomic E-state index is 10.5. The maximum absolute atomic E-state index is 10.5. The minimum atomic E-state index is -0.956. The molecule has 3 N–H and O–H groups in total. The second kappa shape index (κ2) is 3.52. The van der Waals surface area contributed by atoms with Crippen LogP contribution in [0.4, 0.5) is 0 Å². The topological polar surface area (TPSA) is 75.7 Å². The summed E-state index contributed by atoms with van der Waals surface area (Å²) in [6, 6.07) is 6.37. The molecule has 0 saturated heterocycles. The van der Waals surface area contributed by atoms with Crippen LogP contribution in [0.3, 0.4) is 0 Å². The van der Waals surface area contributed by atoms with Crippen LogP contribution in [0.25, 0.3) is 0 Å². The van der Waals surface area contributed by atoms with Gasteiger partial charge >= 0.3 is 5.97 Å². The molecule has 0 aliphatic carbocycles. The molecule has 0 fully saturated rings. The summed E-state index contributed by atoms with van der Waals surface area (Å²) in [4.78, 5) is 10.5. The van der Waals surface area contributed by atoms with Crippen molar-refractivity contribution in [2.45, 2.75) is 0 Å². The molecule has 0 heterocycles. The van der Waals surface area contributed by atoms with Crippen molar-refractivity contribution in [3.8, 4) is 0 Å². The van der Waals surface area contributed by atoms with E-state index in [1.807, 2.05) is 0 Å². The van der Waals surface area contributed by atoms with Gasteiger partial charge in [-0.1, -0.05) is 12.1 Å². The molecule has 0 aliphatic rings. The third-order valence-corrected chi connectivity index (χ3v) is 1.36. The average Bonchev–Trinajstić information content (AvgIpc) is 2.05. The van der Waals surface area contributed by atoms with Crippen molar-refractivity contribution in [3.05, 3.63) is 35.4 Å². The van der Waals surface area contributed by atoms with E-state index in [0.29, 0.717) is 5.56 Å². The highest BCUT2D eigenvalue weighted by Crippen LogP contribution is 2.02. The molecule has 4 heteroatoms.